The van der Waals surface area contributed by atoms with Crippen molar-refractivity contribution in [2.75, 3.05) is 20.8 Å². The second-order valence-electron chi connectivity index (χ2n) is 7.87. The van der Waals surface area contributed by atoms with Crippen LogP contribution < -0.4 is 5.32 Å². The summed E-state index contributed by atoms with van der Waals surface area (Å²) in [5, 5.41) is 3.20. The minimum absolute atomic E-state index is 0.172. The van der Waals surface area contributed by atoms with Crippen LogP contribution >= 0.6 is 0 Å². The number of esters is 3. The summed E-state index contributed by atoms with van der Waals surface area (Å²) in [5.41, 5.74) is 2.87. The first-order valence-corrected chi connectivity index (χ1v) is 10.4. The standard InChI is InChI=1S/C24H27NO7/c1-6-32-24(29)18-13(3)25-16-11-12(2)17(23(28)31-5)21(26)20(16)19(18)14-7-9-15(10-8-14)22(27)30-4/h7-10,12,17,19,25H,6,11H2,1-5H3/t12-,17+,19-/m0/s1. The van der Waals surface area contributed by atoms with Crippen molar-refractivity contribution in [1.82, 2.24) is 5.32 Å². The van der Waals surface area contributed by atoms with Gasteiger partial charge in [0.2, 0.25) is 0 Å². The Morgan fingerprint density at radius 1 is 1.06 bits per heavy atom. The third-order valence-corrected chi connectivity index (χ3v) is 5.90. The number of methoxy groups -OCH3 is 2. The zero-order valence-electron chi connectivity index (χ0n) is 18.8. The molecular formula is C24H27NO7. The number of allylic oxidation sites excluding steroid dienone is 3. The molecule has 170 valence electrons. The summed E-state index contributed by atoms with van der Waals surface area (Å²) in [5.74, 6) is -3.99. The minimum Gasteiger partial charge on any atom is -0.468 e. The molecule has 0 aromatic heterocycles. The monoisotopic (exact) mass is 441 g/mol. The van der Waals surface area contributed by atoms with Crippen molar-refractivity contribution in [3.8, 4) is 0 Å². The first-order chi connectivity index (χ1) is 15.2. The van der Waals surface area contributed by atoms with E-state index in [4.69, 9.17) is 14.2 Å². The molecule has 0 fully saturated rings. The number of Topliss-reactive ketones (excluding diaryl/α,β-unsaturated/α-hetero) is 1. The summed E-state index contributed by atoms with van der Waals surface area (Å²) in [6.07, 6.45) is 0.449. The van der Waals surface area contributed by atoms with E-state index in [1.54, 1.807) is 38.1 Å². The summed E-state index contributed by atoms with van der Waals surface area (Å²) in [6, 6.07) is 6.51. The second kappa shape index (κ2) is 9.38. The number of carbonyl (C=O) groups excluding carboxylic acids is 4. The first-order valence-electron chi connectivity index (χ1n) is 10.4. The Morgan fingerprint density at radius 3 is 2.28 bits per heavy atom. The topological polar surface area (TPSA) is 108 Å². The number of nitrogens with one attached hydrogen (secondary N) is 1. The van der Waals surface area contributed by atoms with Crippen LogP contribution in [0.2, 0.25) is 0 Å². The van der Waals surface area contributed by atoms with Crippen LogP contribution in [0.25, 0.3) is 0 Å². The second-order valence-corrected chi connectivity index (χ2v) is 7.87. The van der Waals surface area contributed by atoms with Gasteiger partial charge in [-0.2, -0.15) is 0 Å². The van der Waals surface area contributed by atoms with Gasteiger partial charge in [-0.3, -0.25) is 9.59 Å². The highest BCUT2D eigenvalue weighted by atomic mass is 16.5. The van der Waals surface area contributed by atoms with E-state index in [0.717, 1.165) is 0 Å². The van der Waals surface area contributed by atoms with E-state index in [2.05, 4.69) is 5.32 Å². The molecule has 0 saturated carbocycles. The average molecular weight is 441 g/mol. The Labute approximate surface area is 186 Å². The highest BCUT2D eigenvalue weighted by molar-refractivity contribution is 6.12. The van der Waals surface area contributed by atoms with Gasteiger partial charge in [-0.15, -0.1) is 0 Å². The molecule has 1 aromatic carbocycles. The van der Waals surface area contributed by atoms with Gasteiger partial charge in [0.1, 0.15) is 5.92 Å². The summed E-state index contributed by atoms with van der Waals surface area (Å²) >= 11 is 0. The van der Waals surface area contributed by atoms with Gasteiger partial charge < -0.3 is 19.5 Å². The molecule has 0 saturated heterocycles. The number of rotatable bonds is 5. The third kappa shape index (κ3) is 4.04. The van der Waals surface area contributed by atoms with E-state index < -0.39 is 29.7 Å². The fourth-order valence-corrected chi connectivity index (χ4v) is 4.42. The number of ketones is 1. The molecule has 1 aromatic rings. The Balaban J connectivity index is 2.17. The highest BCUT2D eigenvalue weighted by Crippen LogP contribution is 2.45. The van der Waals surface area contributed by atoms with Gasteiger partial charge in [0, 0.05) is 22.9 Å². The van der Waals surface area contributed by atoms with Crippen LogP contribution in [-0.2, 0) is 28.6 Å². The zero-order valence-corrected chi connectivity index (χ0v) is 18.8. The Hall–Kier alpha value is -3.42. The van der Waals surface area contributed by atoms with Crippen molar-refractivity contribution in [3.63, 3.8) is 0 Å². The predicted octanol–water partition coefficient (Wildman–Crippen LogP) is 2.65. The lowest BCUT2D eigenvalue weighted by Crippen LogP contribution is -2.43. The van der Waals surface area contributed by atoms with Crippen molar-refractivity contribution in [2.45, 2.75) is 33.1 Å². The number of benzene rings is 1. The molecule has 3 atom stereocenters. The SMILES string of the molecule is CCOC(=O)C1=C(C)NC2=C(C(=O)[C@H](C(=O)OC)[C@@H](C)C2)[C@H]1c1ccc(C(=O)OC)cc1. The molecule has 1 N–H and O–H groups in total. The van der Waals surface area contributed by atoms with Crippen molar-refractivity contribution < 1.29 is 33.4 Å². The molecule has 0 spiro atoms. The van der Waals surface area contributed by atoms with Crippen LogP contribution in [-0.4, -0.2) is 44.5 Å². The van der Waals surface area contributed by atoms with Crippen LogP contribution in [0.5, 0.6) is 0 Å². The Kier molecular flexibility index (Phi) is 6.81. The largest absolute Gasteiger partial charge is 0.468 e. The van der Waals surface area contributed by atoms with Crippen molar-refractivity contribution in [1.29, 1.82) is 0 Å². The van der Waals surface area contributed by atoms with Gasteiger partial charge in [-0.1, -0.05) is 19.1 Å². The van der Waals surface area contributed by atoms with Crippen molar-refractivity contribution in [2.24, 2.45) is 11.8 Å². The fourth-order valence-electron chi connectivity index (χ4n) is 4.42. The van der Waals surface area contributed by atoms with Crippen LogP contribution in [0.4, 0.5) is 0 Å². The average Bonchev–Trinajstić information content (AvgIpc) is 2.77. The molecule has 3 rings (SSSR count). The maximum Gasteiger partial charge on any atom is 0.337 e. The molecule has 32 heavy (non-hydrogen) atoms. The lowest BCUT2D eigenvalue weighted by atomic mass is 9.69. The van der Waals surface area contributed by atoms with Crippen molar-refractivity contribution in [3.05, 3.63) is 57.9 Å². The molecule has 8 nitrogen and oxygen atoms in total. The summed E-state index contributed by atoms with van der Waals surface area (Å²) in [6.45, 7) is 5.46. The molecular weight excluding hydrogens is 414 g/mol. The third-order valence-electron chi connectivity index (χ3n) is 5.90. The number of hydrogen-bond donors (Lipinski definition) is 1. The molecule has 0 bridgehead atoms. The van der Waals surface area contributed by atoms with Crippen LogP contribution in [0.1, 0.15) is 49.0 Å². The number of carbonyl (C=O) groups is 4. The summed E-state index contributed by atoms with van der Waals surface area (Å²) in [7, 11) is 2.54. The maximum atomic E-state index is 13.6. The zero-order chi connectivity index (χ0) is 23.6. The lowest BCUT2D eigenvalue weighted by molar-refractivity contribution is -0.151. The van der Waals surface area contributed by atoms with E-state index in [1.807, 2.05) is 6.92 Å². The molecule has 0 amide bonds. The summed E-state index contributed by atoms with van der Waals surface area (Å²) < 4.78 is 14.9. The van der Waals surface area contributed by atoms with Gasteiger partial charge in [0.25, 0.3) is 0 Å². The maximum absolute atomic E-state index is 13.6. The van der Waals surface area contributed by atoms with E-state index >= 15 is 0 Å². The Morgan fingerprint density at radius 2 is 1.72 bits per heavy atom. The van der Waals surface area contributed by atoms with Crippen LogP contribution in [0, 0.1) is 11.8 Å². The molecule has 1 aliphatic heterocycles. The number of hydrogen-bond acceptors (Lipinski definition) is 8. The fraction of sp³-hybridized carbons (Fsp3) is 0.417. The normalized spacial score (nSPS) is 22.7. The van der Waals surface area contributed by atoms with Crippen LogP contribution in [0.15, 0.2) is 46.8 Å². The molecule has 1 aliphatic carbocycles. The van der Waals surface area contributed by atoms with Gasteiger partial charge >= 0.3 is 17.9 Å². The van der Waals surface area contributed by atoms with Gasteiger partial charge in [0.05, 0.1) is 32.0 Å². The minimum atomic E-state index is -0.959. The lowest BCUT2D eigenvalue weighted by Gasteiger charge is -2.38. The predicted molar refractivity (Wildman–Crippen MR) is 114 cm³/mol. The van der Waals surface area contributed by atoms with Gasteiger partial charge in [-0.25, -0.2) is 9.59 Å². The van der Waals surface area contributed by atoms with E-state index in [9.17, 15) is 19.2 Å². The van der Waals surface area contributed by atoms with E-state index in [1.165, 1.54) is 14.2 Å². The van der Waals surface area contributed by atoms with Gasteiger partial charge in [0.15, 0.2) is 5.78 Å². The summed E-state index contributed by atoms with van der Waals surface area (Å²) in [4.78, 5) is 50.7. The van der Waals surface area contributed by atoms with E-state index in [0.29, 0.717) is 40.1 Å². The molecule has 0 radical (unpaired) electrons. The highest BCUT2D eigenvalue weighted by Gasteiger charge is 2.47. The molecule has 1 heterocycles. The number of ether oxygens (including phenoxy) is 3. The molecule has 8 heteroatoms. The van der Waals surface area contributed by atoms with Gasteiger partial charge in [-0.05, 0) is 43.9 Å². The molecule has 2 aliphatic rings. The number of dihydropyridines is 1. The first kappa shape index (κ1) is 23.2. The molecule has 0 unspecified atom stereocenters. The smallest absolute Gasteiger partial charge is 0.337 e. The Bertz CT molecular complexity index is 1020. The quantitative estimate of drug-likeness (QED) is 0.422. The van der Waals surface area contributed by atoms with E-state index in [-0.39, 0.29) is 18.3 Å². The van der Waals surface area contributed by atoms with Crippen LogP contribution in [0.3, 0.4) is 0 Å². The van der Waals surface area contributed by atoms with Crippen molar-refractivity contribution >= 4 is 23.7 Å².